The zero-order valence-corrected chi connectivity index (χ0v) is 11.9. The number of likely N-dealkylation sites (tertiary alicyclic amines) is 1. The maximum absolute atomic E-state index is 9.94. The lowest BCUT2D eigenvalue weighted by molar-refractivity contribution is 0.0347. The van der Waals surface area contributed by atoms with Crippen molar-refractivity contribution in [2.75, 3.05) is 19.6 Å². The van der Waals surface area contributed by atoms with Gasteiger partial charge in [-0.1, -0.05) is 12.8 Å². The molecule has 3 N–H and O–H groups in total. The summed E-state index contributed by atoms with van der Waals surface area (Å²) in [4.78, 5) is 2.69. The van der Waals surface area contributed by atoms with E-state index >= 15 is 0 Å². The number of nitrogens with zero attached hydrogens (tertiary/aromatic N) is 1. The smallest absolute Gasteiger partial charge is 0.0741 e. The highest BCUT2D eigenvalue weighted by Crippen LogP contribution is 2.35. The molecule has 1 saturated carbocycles. The molecule has 0 amide bonds. The van der Waals surface area contributed by atoms with Crippen LogP contribution >= 0.6 is 0 Å². The van der Waals surface area contributed by atoms with Gasteiger partial charge in [-0.3, -0.25) is 0 Å². The first kappa shape index (κ1) is 14.3. The van der Waals surface area contributed by atoms with E-state index in [4.69, 9.17) is 5.73 Å². The number of nitrogens with two attached hydrogens (primary N) is 1. The molecule has 1 heterocycles. The average molecular weight is 254 g/mol. The number of rotatable bonds is 5. The van der Waals surface area contributed by atoms with Crippen molar-refractivity contribution in [1.82, 2.24) is 4.90 Å². The zero-order valence-electron chi connectivity index (χ0n) is 11.9. The quantitative estimate of drug-likeness (QED) is 0.790. The summed E-state index contributed by atoms with van der Waals surface area (Å²) in [5.74, 6) is 0.961. The second-order valence-electron chi connectivity index (χ2n) is 6.59. The van der Waals surface area contributed by atoms with Gasteiger partial charge < -0.3 is 15.7 Å². The van der Waals surface area contributed by atoms with Gasteiger partial charge in [0.25, 0.3) is 0 Å². The molecule has 0 aromatic carbocycles. The van der Waals surface area contributed by atoms with E-state index in [1.807, 2.05) is 6.92 Å². The summed E-state index contributed by atoms with van der Waals surface area (Å²) < 4.78 is 0. The molecule has 2 fully saturated rings. The van der Waals surface area contributed by atoms with Crippen LogP contribution in [0.5, 0.6) is 0 Å². The standard InChI is InChI=1S/C15H30N2O/c1-15(18,12-16)9-5-11-17-10-4-7-13-6-2-3-8-14(13)17/h13-14,18H,2-12,16H2,1H3. The molecule has 2 aliphatic rings. The SMILES string of the molecule is CC(O)(CN)CCCN1CCCC2CCCCC21. The summed E-state index contributed by atoms with van der Waals surface area (Å²) in [6.07, 6.45) is 10.4. The van der Waals surface area contributed by atoms with Crippen LogP contribution in [-0.2, 0) is 0 Å². The molecule has 3 heteroatoms. The predicted molar refractivity (Wildman–Crippen MR) is 75.5 cm³/mol. The molecular formula is C15H30N2O. The van der Waals surface area contributed by atoms with Crippen molar-refractivity contribution >= 4 is 0 Å². The molecule has 3 unspecified atom stereocenters. The second kappa shape index (κ2) is 6.36. The summed E-state index contributed by atoms with van der Waals surface area (Å²) in [5.41, 5.74) is 4.90. The Balaban J connectivity index is 1.77. The molecule has 1 saturated heterocycles. The number of piperidine rings is 1. The first-order chi connectivity index (χ1) is 8.62. The molecule has 0 spiro atoms. The van der Waals surface area contributed by atoms with Gasteiger partial charge in [0.15, 0.2) is 0 Å². The van der Waals surface area contributed by atoms with E-state index in [0.29, 0.717) is 6.54 Å². The summed E-state index contributed by atoms with van der Waals surface area (Å²) in [5, 5.41) is 9.94. The van der Waals surface area contributed by atoms with Crippen molar-refractivity contribution in [2.24, 2.45) is 11.7 Å². The Morgan fingerprint density at radius 1 is 1.22 bits per heavy atom. The Kier molecular flexibility index (Phi) is 5.05. The van der Waals surface area contributed by atoms with Crippen molar-refractivity contribution in [3.63, 3.8) is 0 Å². The lowest BCUT2D eigenvalue weighted by Crippen LogP contribution is -2.47. The molecule has 106 valence electrons. The first-order valence-electron chi connectivity index (χ1n) is 7.79. The lowest BCUT2D eigenvalue weighted by atomic mass is 9.78. The van der Waals surface area contributed by atoms with E-state index in [1.54, 1.807) is 0 Å². The van der Waals surface area contributed by atoms with Crippen LogP contribution in [0.25, 0.3) is 0 Å². The van der Waals surface area contributed by atoms with E-state index in [9.17, 15) is 5.11 Å². The zero-order chi connectivity index (χ0) is 13.0. The van der Waals surface area contributed by atoms with Crippen molar-refractivity contribution in [1.29, 1.82) is 0 Å². The van der Waals surface area contributed by atoms with Crippen LogP contribution in [0.15, 0.2) is 0 Å². The lowest BCUT2D eigenvalue weighted by Gasteiger charge is -2.44. The third-order valence-corrected chi connectivity index (χ3v) is 4.96. The van der Waals surface area contributed by atoms with Gasteiger partial charge >= 0.3 is 0 Å². The van der Waals surface area contributed by atoms with Crippen molar-refractivity contribution in [2.45, 2.75) is 69.9 Å². The summed E-state index contributed by atoms with van der Waals surface area (Å²) >= 11 is 0. The van der Waals surface area contributed by atoms with E-state index < -0.39 is 5.60 Å². The van der Waals surface area contributed by atoms with E-state index in [1.165, 1.54) is 45.1 Å². The van der Waals surface area contributed by atoms with Gasteiger partial charge in [-0.25, -0.2) is 0 Å². The van der Waals surface area contributed by atoms with Crippen LogP contribution in [0.1, 0.15) is 58.3 Å². The van der Waals surface area contributed by atoms with Crippen LogP contribution in [0.2, 0.25) is 0 Å². The normalized spacial score (nSPS) is 32.8. The molecule has 18 heavy (non-hydrogen) atoms. The van der Waals surface area contributed by atoms with Crippen LogP contribution in [0.3, 0.4) is 0 Å². The minimum atomic E-state index is -0.665. The van der Waals surface area contributed by atoms with Crippen molar-refractivity contribution in [3.05, 3.63) is 0 Å². The molecule has 0 bridgehead atoms. The number of hydrogen-bond donors (Lipinski definition) is 2. The van der Waals surface area contributed by atoms with Gasteiger partial charge in [0.05, 0.1) is 5.60 Å². The van der Waals surface area contributed by atoms with Crippen LogP contribution in [0.4, 0.5) is 0 Å². The average Bonchev–Trinajstić information content (AvgIpc) is 2.39. The van der Waals surface area contributed by atoms with Crippen LogP contribution in [-0.4, -0.2) is 41.3 Å². The van der Waals surface area contributed by atoms with E-state index in [0.717, 1.165) is 31.3 Å². The minimum absolute atomic E-state index is 0.374. The fourth-order valence-corrected chi connectivity index (χ4v) is 3.77. The highest BCUT2D eigenvalue weighted by atomic mass is 16.3. The second-order valence-corrected chi connectivity index (χ2v) is 6.59. The molecule has 3 atom stereocenters. The van der Waals surface area contributed by atoms with Crippen molar-refractivity contribution < 1.29 is 5.11 Å². The number of aliphatic hydroxyl groups is 1. The highest BCUT2D eigenvalue weighted by molar-refractivity contribution is 4.87. The highest BCUT2D eigenvalue weighted by Gasteiger charge is 2.32. The third-order valence-electron chi connectivity index (χ3n) is 4.96. The van der Waals surface area contributed by atoms with Gasteiger partial charge in [0, 0.05) is 12.6 Å². The first-order valence-corrected chi connectivity index (χ1v) is 7.79. The molecule has 1 aliphatic heterocycles. The topological polar surface area (TPSA) is 49.5 Å². The third kappa shape index (κ3) is 3.69. The Morgan fingerprint density at radius 2 is 1.94 bits per heavy atom. The Bertz CT molecular complexity index is 253. The molecule has 1 aliphatic carbocycles. The summed E-state index contributed by atoms with van der Waals surface area (Å²) in [7, 11) is 0. The van der Waals surface area contributed by atoms with Gasteiger partial charge in [-0.15, -0.1) is 0 Å². The van der Waals surface area contributed by atoms with Gasteiger partial charge in [0.2, 0.25) is 0 Å². The molecule has 0 aromatic rings. The van der Waals surface area contributed by atoms with Crippen molar-refractivity contribution in [3.8, 4) is 0 Å². The van der Waals surface area contributed by atoms with Gasteiger partial charge in [-0.2, -0.15) is 0 Å². The Morgan fingerprint density at radius 3 is 2.72 bits per heavy atom. The number of fused-ring (bicyclic) bond motifs is 1. The largest absolute Gasteiger partial charge is 0.389 e. The fourth-order valence-electron chi connectivity index (χ4n) is 3.77. The maximum atomic E-state index is 9.94. The number of hydrogen-bond acceptors (Lipinski definition) is 3. The molecule has 0 radical (unpaired) electrons. The monoisotopic (exact) mass is 254 g/mol. The summed E-state index contributed by atoms with van der Waals surface area (Å²) in [6, 6.07) is 0.843. The maximum Gasteiger partial charge on any atom is 0.0741 e. The molecule has 2 rings (SSSR count). The van der Waals surface area contributed by atoms with Gasteiger partial charge in [0.1, 0.15) is 0 Å². The Hall–Kier alpha value is -0.120. The molecular weight excluding hydrogens is 224 g/mol. The fraction of sp³-hybridized carbons (Fsp3) is 1.00. The van der Waals surface area contributed by atoms with E-state index in [-0.39, 0.29) is 0 Å². The molecule has 0 aromatic heterocycles. The molecule has 3 nitrogen and oxygen atoms in total. The summed E-state index contributed by atoms with van der Waals surface area (Å²) in [6.45, 7) is 4.65. The minimum Gasteiger partial charge on any atom is -0.389 e. The van der Waals surface area contributed by atoms with Gasteiger partial charge in [-0.05, 0) is 64.5 Å². The van der Waals surface area contributed by atoms with E-state index in [2.05, 4.69) is 4.90 Å². The Labute approximate surface area is 112 Å². The predicted octanol–water partition coefficient (Wildman–Crippen LogP) is 2.13. The van der Waals surface area contributed by atoms with Crippen LogP contribution < -0.4 is 5.73 Å². The van der Waals surface area contributed by atoms with Crippen LogP contribution in [0, 0.1) is 5.92 Å².